The molecule has 1 amide bonds. The molecule has 0 saturated heterocycles. The lowest BCUT2D eigenvalue weighted by molar-refractivity contribution is -0.116. The van der Waals surface area contributed by atoms with Crippen LogP contribution < -0.4 is 10.1 Å². The lowest BCUT2D eigenvalue weighted by Gasteiger charge is -2.10. The molecule has 2 aromatic rings. The van der Waals surface area contributed by atoms with Crippen molar-refractivity contribution >= 4 is 23.2 Å². The van der Waals surface area contributed by atoms with Crippen LogP contribution in [0.15, 0.2) is 48.5 Å². The Morgan fingerprint density at radius 3 is 2.67 bits per heavy atom. The van der Waals surface area contributed by atoms with Crippen LogP contribution in [0.3, 0.4) is 0 Å². The molecule has 0 aliphatic heterocycles. The second kappa shape index (κ2) is 7.70. The minimum atomic E-state index is -0.0305. The summed E-state index contributed by atoms with van der Waals surface area (Å²) in [6, 6.07) is 15.1. The van der Waals surface area contributed by atoms with E-state index in [1.54, 1.807) is 6.07 Å². The number of hydrogen-bond donors (Lipinski definition) is 1. The first-order chi connectivity index (χ1) is 10.2. The number of halogens is 1. The molecule has 0 unspecified atom stereocenters. The predicted octanol–water partition coefficient (Wildman–Crippen LogP) is 4.45. The number of benzene rings is 2. The average molecular weight is 304 g/mol. The lowest BCUT2D eigenvalue weighted by Crippen LogP contribution is -2.13. The standard InChI is InChI=1S/C17H18ClNO2/c1-13-15(18)9-5-10-16(13)19-17(20)11-6-12-21-14-7-3-2-4-8-14/h2-5,7-10H,6,11-12H2,1H3,(H,19,20). The molecule has 0 fully saturated rings. The lowest BCUT2D eigenvalue weighted by atomic mass is 10.2. The molecule has 2 rings (SSSR count). The van der Waals surface area contributed by atoms with Crippen LogP contribution in [0.5, 0.6) is 5.75 Å². The molecule has 0 radical (unpaired) electrons. The number of nitrogens with one attached hydrogen (secondary N) is 1. The third-order valence-electron chi connectivity index (χ3n) is 3.10. The summed E-state index contributed by atoms with van der Waals surface area (Å²) in [6.45, 7) is 2.41. The first kappa shape index (κ1) is 15.4. The van der Waals surface area contributed by atoms with E-state index < -0.39 is 0 Å². The highest BCUT2D eigenvalue weighted by Crippen LogP contribution is 2.23. The number of rotatable bonds is 6. The smallest absolute Gasteiger partial charge is 0.224 e. The van der Waals surface area contributed by atoms with Crippen molar-refractivity contribution in [1.82, 2.24) is 0 Å². The summed E-state index contributed by atoms with van der Waals surface area (Å²) >= 11 is 6.02. The molecule has 1 N–H and O–H groups in total. The Labute approximate surface area is 129 Å². The van der Waals surface area contributed by atoms with Crippen molar-refractivity contribution in [1.29, 1.82) is 0 Å². The Morgan fingerprint density at radius 1 is 1.14 bits per heavy atom. The van der Waals surface area contributed by atoms with E-state index in [9.17, 15) is 4.79 Å². The molecule has 0 aromatic heterocycles. The second-order valence-electron chi connectivity index (χ2n) is 4.73. The van der Waals surface area contributed by atoms with Gasteiger partial charge in [0.1, 0.15) is 5.75 Å². The van der Waals surface area contributed by atoms with Gasteiger partial charge in [-0.3, -0.25) is 4.79 Å². The Bertz CT molecular complexity index is 599. The molecule has 3 nitrogen and oxygen atoms in total. The van der Waals surface area contributed by atoms with E-state index in [0.29, 0.717) is 24.5 Å². The highest BCUT2D eigenvalue weighted by atomic mass is 35.5. The van der Waals surface area contributed by atoms with E-state index in [1.807, 2.05) is 49.4 Å². The molecular weight excluding hydrogens is 286 g/mol. The maximum atomic E-state index is 11.9. The zero-order valence-electron chi connectivity index (χ0n) is 11.9. The van der Waals surface area contributed by atoms with Gasteiger partial charge in [0, 0.05) is 17.1 Å². The third-order valence-corrected chi connectivity index (χ3v) is 3.51. The Morgan fingerprint density at radius 2 is 1.90 bits per heavy atom. The Kier molecular flexibility index (Phi) is 5.64. The molecule has 4 heteroatoms. The van der Waals surface area contributed by atoms with Gasteiger partial charge in [-0.2, -0.15) is 0 Å². The van der Waals surface area contributed by atoms with Crippen LogP contribution in [0.2, 0.25) is 5.02 Å². The summed E-state index contributed by atoms with van der Waals surface area (Å²) in [5.74, 6) is 0.792. The number of para-hydroxylation sites is 1. The van der Waals surface area contributed by atoms with E-state index in [4.69, 9.17) is 16.3 Å². The van der Waals surface area contributed by atoms with Crippen molar-refractivity contribution < 1.29 is 9.53 Å². The van der Waals surface area contributed by atoms with Gasteiger partial charge in [0.05, 0.1) is 6.61 Å². The van der Waals surface area contributed by atoms with Gasteiger partial charge in [-0.1, -0.05) is 35.9 Å². The van der Waals surface area contributed by atoms with Gasteiger partial charge in [0.25, 0.3) is 0 Å². The van der Waals surface area contributed by atoms with Gasteiger partial charge < -0.3 is 10.1 Å². The molecule has 0 bridgehead atoms. The summed E-state index contributed by atoms with van der Waals surface area (Å²) in [7, 11) is 0. The van der Waals surface area contributed by atoms with Crippen LogP contribution in [0.1, 0.15) is 18.4 Å². The highest BCUT2D eigenvalue weighted by molar-refractivity contribution is 6.31. The normalized spacial score (nSPS) is 10.2. The van der Waals surface area contributed by atoms with Crippen LogP contribution in [-0.2, 0) is 4.79 Å². The number of hydrogen-bond acceptors (Lipinski definition) is 2. The fraction of sp³-hybridized carbons (Fsp3) is 0.235. The molecule has 0 aliphatic carbocycles. The topological polar surface area (TPSA) is 38.3 Å². The van der Waals surface area contributed by atoms with E-state index in [0.717, 1.165) is 17.0 Å². The van der Waals surface area contributed by atoms with Crippen LogP contribution in [-0.4, -0.2) is 12.5 Å². The number of amides is 1. The summed E-state index contributed by atoms with van der Waals surface area (Å²) in [5, 5.41) is 3.52. The second-order valence-corrected chi connectivity index (χ2v) is 5.13. The molecule has 21 heavy (non-hydrogen) atoms. The maximum absolute atomic E-state index is 11.9. The predicted molar refractivity (Wildman–Crippen MR) is 86.0 cm³/mol. The summed E-state index contributed by atoms with van der Waals surface area (Å²) in [4.78, 5) is 11.9. The minimum absolute atomic E-state index is 0.0305. The zero-order valence-corrected chi connectivity index (χ0v) is 12.7. The van der Waals surface area contributed by atoms with Crippen molar-refractivity contribution in [2.75, 3.05) is 11.9 Å². The molecule has 0 spiro atoms. The van der Waals surface area contributed by atoms with Gasteiger partial charge in [0.15, 0.2) is 0 Å². The number of ether oxygens (including phenoxy) is 1. The summed E-state index contributed by atoms with van der Waals surface area (Å²) in [6.07, 6.45) is 1.08. The van der Waals surface area contributed by atoms with Gasteiger partial charge in [-0.15, -0.1) is 0 Å². The SMILES string of the molecule is Cc1c(Cl)cccc1NC(=O)CCCOc1ccccc1. The zero-order chi connectivity index (χ0) is 15.1. The van der Waals surface area contributed by atoms with E-state index >= 15 is 0 Å². The van der Waals surface area contributed by atoms with E-state index in [1.165, 1.54) is 0 Å². The largest absolute Gasteiger partial charge is 0.494 e. The quantitative estimate of drug-likeness (QED) is 0.801. The van der Waals surface area contributed by atoms with Crippen LogP contribution in [0.25, 0.3) is 0 Å². The molecule has 0 saturated carbocycles. The Balaban J connectivity index is 1.74. The van der Waals surface area contributed by atoms with Crippen LogP contribution >= 0.6 is 11.6 Å². The van der Waals surface area contributed by atoms with Gasteiger partial charge in [0.2, 0.25) is 5.91 Å². The fourth-order valence-corrected chi connectivity index (χ4v) is 2.07. The first-order valence-electron chi connectivity index (χ1n) is 6.89. The van der Waals surface area contributed by atoms with Crippen LogP contribution in [0.4, 0.5) is 5.69 Å². The average Bonchev–Trinajstić information content (AvgIpc) is 2.49. The maximum Gasteiger partial charge on any atom is 0.224 e. The van der Waals surface area contributed by atoms with E-state index in [-0.39, 0.29) is 5.91 Å². The van der Waals surface area contributed by atoms with Crippen molar-refractivity contribution in [2.45, 2.75) is 19.8 Å². The number of anilines is 1. The highest BCUT2D eigenvalue weighted by Gasteiger charge is 2.06. The molecule has 0 aliphatic rings. The van der Waals surface area contributed by atoms with Crippen molar-refractivity contribution in [2.24, 2.45) is 0 Å². The van der Waals surface area contributed by atoms with Gasteiger partial charge in [-0.05, 0) is 43.2 Å². The molecule has 0 heterocycles. The van der Waals surface area contributed by atoms with Crippen molar-refractivity contribution in [3.8, 4) is 5.75 Å². The van der Waals surface area contributed by atoms with Crippen LogP contribution in [0, 0.1) is 6.92 Å². The number of carbonyl (C=O) groups excluding carboxylic acids is 1. The fourth-order valence-electron chi connectivity index (χ4n) is 1.90. The minimum Gasteiger partial charge on any atom is -0.494 e. The third kappa shape index (κ3) is 4.80. The van der Waals surface area contributed by atoms with Crippen molar-refractivity contribution in [3.63, 3.8) is 0 Å². The first-order valence-corrected chi connectivity index (χ1v) is 7.27. The monoisotopic (exact) mass is 303 g/mol. The summed E-state index contributed by atoms with van der Waals surface area (Å²) in [5.41, 5.74) is 1.64. The van der Waals surface area contributed by atoms with Crippen molar-refractivity contribution in [3.05, 3.63) is 59.1 Å². The number of carbonyl (C=O) groups is 1. The molecule has 110 valence electrons. The van der Waals surface area contributed by atoms with Gasteiger partial charge >= 0.3 is 0 Å². The molecule has 0 atom stereocenters. The molecular formula is C17H18ClNO2. The Hall–Kier alpha value is -2.00. The molecule has 2 aromatic carbocycles. The van der Waals surface area contributed by atoms with E-state index in [2.05, 4.69) is 5.32 Å². The summed E-state index contributed by atoms with van der Waals surface area (Å²) < 4.78 is 5.55. The van der Waals surface area contributed by atoms with Gasteiger partial charge in [-0.25, -0.2) is 0 Å².